The van der Waals surface area contributed by atoms with E-state index in [0.29, 0.717) is 21.3 Å². The highest BCUT2D eigenvalue weighted by Gasteiger charge is 2.14. The Balaban J connectivity index is 2.22. The van der Waals surface area contributed by atoms with Crippen molar-refractivity contribution in [3.8, 4) is 10.7 Å². The molecule has 0 unspecified atom stereocenters. The van der Waals surface area contributed by atoms with Crippen LogP contribution in [0.3, 0.4) is 0 Å². The number of pyridine rings is 1. The molecule has 0 aliphatic rings. The van der Waals surface area contributed by atoms with Gasteiger partial charge in [0.25, 0.3) is 0 Å². The number of rotatable bonds is 2. The first kappa shape index (κ1) is 11.2. The number of hydrogen-bond acceptors (Lipinski definition) is 4. The minimum atomic E-state index is -1.01. The third-order valence-corrected chi connectivity index (χ3v) is 3.67. The molecule has 0 bridgehead atoms. The second kappa shape index (κ2) is 4.08. The number of fused-ring (bicyclic) bond motifs is 1. The van der Waals surface area contributed by atoms with Crippen LogP contribution in [0.2, 0.25) is 4.34 Å². The van der Waals surface area contributed by atoms with Gasteiger partial charge in [-0.25, -0.2) is 14.8 Å². The van der Waals surface area contributed by atoms with Gasteiger partial charge in [-0.05, 0) is 18.2 Å². The Hall–Kier alpha value is -1.92. The molecule has 0 amide bonds. The Bertz CT molecular complexity index is 750. The van der Waals surface area contributed by atoms with Gasteiger partial charge >= 0.3 is 5.97 Å². The molecule has 3 rings (SSSR count). The molecule has 0 aliphatic carbocycles. The molecule has 0 aromatic carbocycles. The van der Waals surface area contributed by atoms with E-state index in [1.165, 1.54) is 23.6 Å². The Kier molecular flexibility index (Phi) is 2.53. The van der Waals surface area contributed by atoms with Gasteiger partial charge in [0.05, 0.1) is 20.3 Å². The van der Waals surface area contributed by atoms with Gasteiger partial charge in [-0.15, -0.1) is 11.3 Å². The number of carbonyl (C=O) groups is 1. The molecule has 18 heavy (non-hydrogen) atoms. The molecule has 3 heterocycles. The van der Waals surface area contributed by atoms with Gasteiger partial charge in [0.15, 0.2) is 11.5 Å². The van der Waals surface area contributed by atoms with Crippen LogP contribution in [-0.4, -0.2) is 26.0 Å². The molecule has 0 atom stereocenters. The summed E-state index contributed by atoms with van der Waals surface area (Å²) in [4.78, 5) is 23.2. The highest BCUT2D eigenvalue weighted by Crippen LogP contribution is 2.30. The Morgan fingerprint density at radius 2 is 2.22 bits per heavy atom. The van der Waals surface area contributed by atoms with Crippen molar-refractivity contribution in [2.45, 2.75) is 0 Å². The minimum Gasteiger partial charge on any atom is -0.478 e. The van der Waals surface area contributed by atoms with Crippen molar-refractivity contribution in [3.05, 3.63) is 34.3 Å². The lowest BCUT2D eigenvalue weighted by Gasteiger charge is -1.93. The van der Waals surface area contributed by atoms with Crippen LogP contribution in [0.25, 0.3) is 21.9 Å². The van der Waals surface area contributed by atoms with E-state index in [-0.39, 0.29) is 5.56 Å². The predicted molar refractivity (Wildman–Crippen MR) is 69.2 cm³/mol. The number of H-pyrrole nitrogens is 1. The molecule has 0 fully saturated rings. The molecular weight excluding hydrogens is 274 g/mol. The first-order valence-corrected chi connectivity index (χ1v) is 6.18. The maximum Gasteiger partial charge on any atom is 0.338 e. The van der Waals surface area contributed by atoms with Crippen LogP contribution in [0.15, 0.2) is 24.4 Å². The summed E-state index contributed by atoms with van der Waals surface area (Å²) in [6.45, 7) is 0. The van der Waals surface area contributed by atoms with E-state index in [9.17, 15) is 4.79 Å². The lowest BCUT2D eigenvalue weighted by Crippen LogP contribution is -1.97. The van der Waals surface area contributed by atoms with Crippen molar-refractivity contribution in [2.75, 3.05) is 0 Å². The van der Waals surface area contributed by atoms with Gasteiger partial charge in [-0.2, -0.15) is 0 Å². The number of nitrogens with zero attached hydrogens (tertiary/aromatic N) is 2. The van der Waals surface area contributed by atoms with Crippen molar-refractivity contribution in [1.29, 1.82) is 0 Å². The third-order valence-electron chi connectivity index (χ3n) is 2.43. The smallest absolute Gasteiger partial charge is 0.338 e. The topological polar surface area (TPSA) is 78.9 Å². The SMILES string of the molecule is O=C(O)c1ccnc2nc(-c3ccc(Cl)s3)[nH]c12. The highest BCUT2D eigenvalue weighted by atomic mass is 35.5. The van der Waals surface area contributed by atoms with Crippen LogP contribution in [0.5, 0.6) is 0 Å². The number of hydrogen-bond donors (Lipinski definition) is 2. The number of carboxylic acid groups (broad SMARTS) is 1. The van der Waals surface area contributed by atoms with Crippen molar-refractivity contribution in [1.82, 2.24) is 15.0 Å². The maximum absolute atomic E-state index is 11.1. The normalized spacial score (nSPS) is 10.9. The van der Waals surface area contributed by atoms with Gasteiger partial charge in [-0.3, -0.25) is 0 Å². The molecule has 90 valence electrons. The quantitative estimate of drug-likeness (QED) is 0.756. The van der Waals surface area contributed by atoms with Crippen LogP contribution in [0.1, 0.15) is 10.4 Å². The molecule has 0 saturated heterocycles. The van der Waals surface area contributed by atoms with Crippen LogP contribution in [0, 0.1) is 0 Å². The molecule has 3 aromatic rings. The van der Waals surface area contributed by atoms with Crippen molar-refractivity contribution >= 4 is 40.1 Å². The van der Waals surface area contributed by atoms with Crippen molar-refractivity contribution in [2.24, 2.45) is 0 Å². The first-order valence-electron chi connectivity index (χ1n) is 4.99. The zero-order chi connectivity index (χ0) is 12.7. The maximum atomic E-state index is 11.1. The summed E-state index contributed by atoms with van der Waals surface area (Å²) >= 11 is 7.22. The van der Waals surface area contributed by atoms with E-state index in [0.717, 1.165) is 4.88 Å². The summed E-state index contributed by atoms with van der Waals surface area (Å²) in [7, 11) is 0. The van der Waals surface area contributed by atoms with Gasteiger partial charge in [0.1, 0.15) is 0 Å². The molecule has 2 N–H and O–H groups in total. The van der Waals surface area contributed by atoms with E-state index in [4.69, 9.17) is 16.7 Å². The zero-order valence-corrected chi connectivity index (χ0v) is 10.4. The summed E-state index contributed by atoms with van der Waals surface area (Å²) in [5.74, 6) is -0.440. The van der Waals surface area contributed by atoms with E-state index in [1.54, 1.807) is 6.07 Å². The first-order chi connectivity index (χ1) is 8.65. The standard InChI is InChI=1S/C11H6ClN3O2S/c12-7-2-1-6(18-7)9-14-8-5(11(16)17)3-4-13-10(8)15-9/h1-4H,(H,16,17)(H,13,14,15). The number of thiophene rings is 1. The lowest BCUT2D eigenvalue weighted by atomic mass is 10.2. The second-order valence-corrected chi connectivity index (χ2v) is 5.27. The highest BCUT2D eigenvalue weighted by molar-refractivity contribution is 7.19. The number of imidazole rings is 1. The fourth-order valence-corrected chi connectivity index (χ4v) is 2.64. The summed E-state index contributed by atoms with van der Waals surface area (Å²) in [5, 5.41) is 9.07. The number of halogens is 1. The lowest BCUT2D eigenvalue weighted by molar-refractivity contribution is 0.0699. The molecule has 7 heteroatoms. The molecule has 0 spiro atoms. The summed E-state index contributed by atoms with van der Waals surface area (Å²) in [5.41, 5.74) is 0.959. The predicted octanol–water partition coefficient (Wildman–Crippen LogP) is 3.04. The van der Waals surface area contributed by atoms with Gasteiger partial charge in [-0.1, -0.05) is 11.6 Å². The van der Waals surface area contributed by atoms with Gasteiger partial charge in [0.2, 0.25) is 0 Å². The number of aromatic nitrogens is 3. The van der Waals surface area contributed by atoms with Crippen LogP contribution >= 0.6 is 22.9 Å². The average Bonchev–Trinajstić information content (AvgIpc) is 2.93. The molecule has 5 nitrogen and oxygen atoms in total. The largest absolute Gasteiger partial charge is 0.478 e. The fourth-order valence-electron chi connectivity index (χ4n) is 1.65. The number of nitrogens with one attached hydrogen (secondary N) is 1. The molecular formula is C11H6ClN3O2S. The van der Waals surface area contributed by atoms with Gasteiger partial charge in [0, 0.05) is 6.20 Å². The molecule has 0 aliphatic heterocycles. The van der Waals surface area contributed by atoms with Crippen molar-refractivity contribution < 1.29 is 9.90 Å². The van der Waals surface area contributed by atoms with Crippen LogP contribution < -0.4 is 0 Å². The fraction of sp³-hybridized carbons (Fsp3) is 0. The van der Waals surface area contributed by atoms with E-state index in [2.05, 4.69) is 15.0 Å². The van der Waals surface area contributed by atoms with E-state index in [1.807, 2.05) is 6.07 Å². The van der Waals surface area contributed by atoms with Crippen molar-refractivity contribution in [3.63, 3.8) is 0 Å². The number of carboxylic acids is 1. The molecule has 0 saturated carbocycles. The second-order valence-electron chi connectivity index (χ2n) is 3.55. The van der Waals surface area contributed by atoms with Gasteiger partial charge < -0.3 is 10.1 Å². The Labute approximate surface area is 110 Å². The average molecular weight is 280 g/mol. The van der Waals surface area contributed by atoms with E-state index >= 15 is 0 Å². The molecule has 3 aromatic heterocycles. The van der Waals surface area contributed by atoms with E-state index < -0.39 is 5.97 Å². The van der Waals surface area contributed by atoms with Crippen LogP contribution in [0.4, 0.5) is 0 Å². The number of aromatic amines is 1. The zero-order valence-electron chi connectivity index (χ0n) is 8.85. The third kappa shape index (κ3) is 1.75. The molecule has 0 radical (unpaired) electrons. The summed E-state index contributed by atoms with van der Waals surface area (Å²) in [6.07, 6.45) is 1.43. The number of aromatic carboxylic acids is 1. The minimum absolute atomic E-state index is 0.154. The summed E-state index contributed by atoms with van der Waals surface area (Å²) in [6, 6.07) is 5.03. The Morgan fingerprint density at radius 3 is 2.89 bits per heavy atom. The summed E-state index contributed by atoms with van der Waals surface area (Å²) < 4.78 is 0.650. The van der Waals surface area contributed by atoms with Crippen LogP contribution in [-0.2, 0) is 0 Å². The Morgan fingerprint density at radius 1 is 1.39 bits per heavy atom. The monoisotopic (exact) mass is 279 g/mol.